The topological polar surface area (TPSA) is 47.2 Å². The molecule has 0 N–H and O–H groups in total. The van der Waals surface area contributed by atoms with Gasteiger partial charge < -0.3 is 13.9 Å². The largest absolute Gasteiger partial charge is 0.497 e. The summed E-state index contributed by atoms with van der Waals surface area (Å²) in [4.78, 5) is 0. The monoisotopic (exact) mass is 362 g/mol. The summed E-state index contributed by atoms with van der Waals surface area (Å²) in [7, 11) is 3.31. The van der Waals surface area contributed by atoms with Gasteiger partial charge in [-0.25, -0.2) is 0 Å². The molecule has 4 rings (SSSR count). The van der Waals surface area contributed by atoms with E-state index in [1.165, 1.54) is 0 Å². The zero-order valence-electron chi connectivity index (χ0n) is 15.7. The van der Waals surface area contributed by atoms with Crippen LogP contribution in [-0.2, 0) is 0 Å². The summed E-state index contributed by atoms with van der Waals surface area (Å²) in [5.74, 6) is 3.31. The Morgan fingerprint density at radius 1 is 1.00 bits per heavy atom. The Hall–Kier alpha value is -3.21. The Bertz CT molecular complexity index is 963. The van der Waals surface area contributed by atoms with Gasteiger partial charge in [0.2, 0.25) is 0 Å². The highest BCUT2D eigenvalue weighted by molar-refractivity contribution is 6.05. The zero-order valence-corrected chi connectivity index (χ0v) is 15.7. The quantitative estimate of drug-likeness (QED) is 0.643. The van der Waals surface area contributed by atoms with E-state index < -0.39 is 0 Å². The van der Waals surface area contributed by atoms with Crippen LogP contribution in [0.1, 0.15) is 29.5 Å². The van der Waals surface area contributed by atoms with Crippen molar-refractivity contribution in [2.45, 2.75) is 19.4 Å². The van der Waals surface area contributed by atoms with Crippen LogP contribution in [0.2, 0.25) is 0 Å². The Morgan fingerprint density at radius 3 is 2.48 bits per heavy atom. The summed E-state index contributed by atoms with van der Waals surface area (Å²) in [5, 5.41) is 6.95. The van der Waals surface area contributed by atoms with Crippen molar-refractivity contribution in [3.8, 4) is 11.5 Å². The van der Waals surface area contributed by atoms with E-state index in [9.17, 15) is 0 Å². The first-order chi connectivity index (χ1) is 13.2. The van der Waals surface area contributed by atoms with Crippen molar-refractivity contribution in [3.63, 3.8) is 0 Å². The Morgan fingerprint density at radius 2 is 1.81 bits per heavy atom. The van der Waals surface area contributed by atoms with Crippen molar-refractivity contribution >= 4 is 11.4 Å². The molecular weight excluding hydrogens is 340 g/mol. The third kappa shape index (κ3) is 3.28. The molecule has 0 amide bonds. The predicted molar refractivity (Wildman–Crippen MR) is 106 cm³/mol. The Kier molecular flexibility index (Phi) is 4.59. The highest BCUT2D eigenvalue weighted by atomic mass is 16.5. The first-order valence-electron chi connectivity index (χ1n) is 8.90. The normalized spacial score (nSPS) is 16.3. The van der Waals surface area contributed by atoms with Crippen LogP contribution in [0.5, 0.6) is 11.5 Å². The average Bonchev–Trinajstić information content (AvgIpc) is 3.34. The van der Waals surface area contributed by atoms with Crippen molar-refractivity contribution in [1.82, 2.24) is 0 Å². The van der Waals surface area contributed by atoms with Gasteiger partial charge in [-0.05, 0) is 43.3 Å². The maximum absolute atomic E-state index is 5.93. The lowest BCUT2D eigenvalue weighted by Crippen LogP contribution is -2.17. The molecule has 3 aromatic rings. The first-order valence-corrected chi connectivity index (χ1v) is 8.90. The molecule has 1 atom stereocenters. The Balaban J connectivity index is 1.76. The van der Waals surface area contributed by atoms with Crippen LogP contribution < -0.4 is 14.5 Å². The summed E-state index contributed by atoms with van der Waals surface area (Å²) in [5.41, 5.74) is 2.95. The van der Waals surface area contributed by atoms with Crippen LogP contribution in [-0.4, -0.2) is 19.9 Å². The van der Waals surface area contributed by atoms with Crippen LogP contribution in [0.4, 0.5) is 5.69 Å². The van der Waals surface area contributed by atoms with Crippen molar-refractivity contribution in [3.05, 3.63) is 77.7 Å². The maximum atomic E-state index is 5.93. The fourth-order valence-corrected chi connectivity index (χ4v) is 3.38. The van der Waals surface area contributed by atoms with Crippen molar-refractivity contribution in [1.29, 1.82) is 0 Å². The third-order valence-corrected chi connectivity index (χ3v) is 4.74. The molecule has 5 heteroatoms. The Labute approximate surface area is 158 Å². The molecule has 0 spiro atoms. The maximum Gasteiger partial charge on any atom is 0.131 e. The van der Waals surface area contributed by atoms with E-state index >= 15 is 0 Å². The number of methoxy groups -OCH3 is 2. The molecule has 0 aliphatic carbocycles. The van der Waals surface area contributed by atoms with Gasteiger partial charge in [-0.3, -0.25) is 5.01 Å². The molecule has 1 aliphatic rings. The number of rotatable bonds is 5. The lowest BCUT2D eigenvalue weighted by Gasteiger charge is -2.21. The minimum Gasteiger partial charge on any atom is -0.497 e. The number of furan rings is 1. The predicted octanol–water partition coefficient (Wildman–Crippen LogP) is 4.96. The molecule has 0 radical (unpaired) electrons. The number of hydrazone groups is 1. The van der Waals surface area contributed by atoms with Gasteiger partial charge in [0.25, 0.3) is 0 Å². The van der Waals surface area contributed by atoms with Gasteiger partial charge >= 0.3 is 0 Å². The molecule has 1 unspecified atom stereocenters. The van der Waals surface area contributed by atoms with Crippen LogP contribution >= 0.6 is 0 Å². The second kappa shape index (κ2) is 7.19. The van der Waals surface area contributed by atoms with Crippen LogP contribution in [0.3, 0.4) is 0 Å². The molecule has 0 saturated carbocycles. The number of anilines is 1. The highest BCUT2D eigenvalue weighted by Gasteiger charge is 2.33. The van der Waals surface area contributed by atoms with E-state index in [1.807, 2.05) is 60.5 Å². The standard InChI is InChI=1S/C22H22N2O3/c1-15-9-12-21(27-15)20-14-19(23-24(20)16-7-5-4-6-8-16)18-11-10-17(25-2)13-22(18)26-3/h4-13,20H,14H2,1-3H3. The van der Waals surface area contributed by atoms with Crippen molar-refractivity contribution in [2.75, 3.05) is 19.2 Å². The van der Waals surface area contributed by atoms with Gasteiger partial charge in [0.15, 0.2) is 0 Å². The lowest BCUT2D eigenvalue weighted by molar-refractivity contribution is 0.393. The molecule has 1 aliphatic heterocycles. The van der Waals surface area contributed by atoms with Gasteiger partial charge in [-0.1, -0.05) is 18.2 Å². The molecule has 27 heavy (non-hydrogen) atoms. The minimum absolute atomic E-state index is 0.00269. The van der Waals surface area contributed by atoms with E-state index in [4.69, 9.17) is 19.0 Å². The second-order valence-electron chi connectivity index (χ2n) is 6.46. The number of hydrogen-bond donors (Lipinski definition) is 0. The fraction of sp³-hybridized carbons (Fsp3) is 0.227. The van der Waals surface area contributed by atoms with Crippen molar-refractivity contribution < 1.29 is 13.9 Å². The fourth-order valence-electron chi connectivity index (χ4n) is 3.38. The van der Waals surface area contributed by atoms with Gasteiger partial charge in [0, 0.05) is 18.1 Å². The van der Waals surface area contributed by atoms with Crippen LogP contribution in [0, 0.1) is 6.92 Å². The minimum atomic E-state index is 0.00269. The molecule has 1 aromatic heterocycles. The summed E-state index contributed by atoms with van der Waals surface area (Å²) in [6.45, 7) is 1.96. The number of ether oxygens (including phenoxy) is 2. The smallest absolute Gasteiger partial charge is 0.131 e. The SMILES string of the molecule is COc1ccc(C2=NN(c3ccccc3)C(c3ccc(C)o3)C2)c(OC)c1. The van der Waals surface area contributed by atoms with Crippen LogP contribution in [0.25, 0.3) is 0 Å². The molecular formula is C22H22N2O3. The lowest BCUT2D eigenvalue weighted by atomic mass is 10.0. The first kappa shape index (κ1) is 17.2. The summed E-state index contributed by atoms with van der Waals surface area (Å²) in [6, 6.07) is 20.0. The number of para-hydroxylation sites is 1. The number of hydrogen-bond acceptors (Lipinski definition) is 5. The van der Waals surface area contributed by atoms with E-state index in [0.717, 1.165) is 46.4 Å². The molecule has 0 saturated heterocycles. The molecule has 0 fully saturated rings. The average molecular weight is 362 g/mol. The molecule has 0 bridgehead atoms. The highest BCUT2D eigenvalue weighted by Crippen LogP contribution is 2.39. The van der Waals surface area contributed by atoms with Crippen LogP contribution in [0.15, 0.2) is 70.2 Å². The zero-order chi connectivity index (χ0) is 18.8. The van der Waals surface area contributed by atoms with Gasteiger partial charge in [0.05, 0.1) is 25.6 Å². The van der Waals surface area contributed by atoms with Gasteiger partial charge in [-0.2, -0.15) is 5.10 Å². The van der Waals surface area contributed by atoms with E-state index in [1.54, 1.807) is 14.2 Å². The van der Waals surface area contributed by atoms with Gasteiger partial charge in [-0.15, -0.1) is 0 Å². The summed E-state index contributed by atoms with van der Waals surface area (Å²) < 4.78 is 16.8. The summed E-state index contributed by atoms with van der Waals surface area (Å²) in [6.07, 6.45) is 0.727. The molecule has 2 heterocycles. The van der Waals surface area contributed by atoms with Gasteiger partial charge in [0.1, 0.15) is 29.1 Å². The van der Waals surface area contributed by atoms with E-state index in [0.29, 0.717) is 0 Å². The molecule has 5 nitrogen and oxygen atoms in total. The van der Waals surface area contributed by atoms with E-state index in [2.05, 4.69) is 12.1 Å². The van der Waals surface area contributed by atoms with Crippen molar-refractivity contribution in [2.24, 2.45) is 5.10 Å². The second-order valence-corrected chi connectivity index (χ2v) is 6.46. The molecule has 2 aromatic carbocycles. The number of aryl methyl sites for hydroxylation is 1. The summed E-state index contributed by atoms with van der Waals surface area (Å²) >= 11 is 0. The van der Waals surface area contributed by atoms with E-state index in [-0.39, 0.29) is 6.04 Å². The molecule has 138 valence electrons. The number of benzene rings is 2. The third-order valence-electron chi connectivity index (χ3n) is 4.74. The number of nitrogens with zero attached hydrogens (tertiary/aromatic N) is 2.